The second-order valence-corrected chi connectivity index (χ2v) is 6.59. The number of aromatic nitrogens is 4. The molecule has 4 heterocycles. The van der Waals surface area contributed by atoms with Gasteiger partial charge in [0.25, 0.3) is 0 Å². The second kappa shape index (κ2) is 6.13. The fraction of sp³-hybridized carbons (Fsp3) is 0.400. The molecule has 4 N–H and O–H groups in total. The molecule has 0 radical (unpaired) electrons. The van der Waals surface area contributed by atoms with Crippen molar-refractivity contribution in [2.45, 2.75) is 25.8 Å². The monoisotopic (exact) mass is 329 g/mol. The van der Waals surface area contributed by atoms with Gasteiger partial charge in [-0.3, -0.25) is 0 Å². The first-order valence-electron chi connectivity index (χ1n) is 7.81. The highest BCUT2D eigenvalue weighted by molar-refractivity contribution is 7.10. The molecule has 8 heteroatoms. The van der Waals surface area contributed by atoms with Crippen molar-refractivity contribution in [2.75, 3.05) is 23.7 Å². The van der Waals surface area contributed by atoms with Gasteiger partial charge in [-0.05, 0) is 50.0 Å². The maximum absolute atomic E-state index is 4.67. The standard InChI is InChI=1S/C15H19N7S/c1-9-7-12(23-22-9)19-15-20-13-11(4-6-17-13)14(21-15)18-10-3-2-5-16-8-10/h4,6-7,10,16H,2-3,5,8H2,1H3,(H3,17,18,19,20,21)/t10-/m1/s1. The Kier molecular flexibility index (Phi) is 3.84. The average molecular weight is 329 g/mol. The first-order chi connectivity index (χ1) is 11.3. The number of fused-ring (bicyclic) bond motifs is 1. The van der Waals surface area contributed by atoms with Crippen molar-refractivity contribution >= 4 is 39.3 Å². The summed E-state index contributed by atoms with van der Waals surface area (Å²) in [6.45, 7) is 4.03. The molecule has 7 nitrogen and oxygen atoms in total. The molecule has 120 valence electrons. The highest BCUT2D eigenvalue weighted by Gasteiger charge is 2.16. The fourth-order valence-corrected chi connectivity index (χ4v) is 3.46. The van der Waals surface area contributed by atoms with Crippen LogP contribution in [0.1, 0.15) is 18.5 Å². The minimum Gasteiger partial charge on any atom is -0.365 e. The van der Waals surface area contributed by atoms with E-state index in [9.17, 15) is 0 Å². The van der Waals surface area contributed by atoms with Gasteiger partial charge in [0.1, 0.15) is 16.5 Å². The largest absolute Gasteiger partial charge is 0.365 e. The van der Waals surface area contributed by atoms with Crippen molar-refractivity contribution < 1.29 is 0 Å². The van der Waals surface area contributed by atoms with Gasteiger partial charge in [0.2, 0.25) is 5.95 Å². The average Bonchev–Trinajstić information content (AvgIpc) is 3.17. The molecule has 4 rings (SSSR count). The van der Waals surface area contributed by atoms with Gasteiger partial charge in [-0.25, -0.2) is 0 Å². The number of aromatic amines is 1. The minimum atomic E-state index is 0.398. The maximum Gasteiger partial charge on any atom is 0.231 e. The highest BCUT2D eigenvalue weighted by atomic mass is 32.1. The first kappa shape index (κ1) is 14.4. The van der Waals surface area contributed by atoms with Crippen LogP contribution < -0.4 is 16.0 Å². The summed E-state index contributed by atoms with van der Waals surface area (Å²) in [5, 5.41) is 12.2. The Morgan fingerprint density at radius 3 is 3.09 bits per heavy atom. The minimum absolute atomic E-state index is 0.398. The Hall–Kier alpha value is -2.19. The van der Waals surface area contributed by atoms with Gasteiger partial charge in [0.15, 0.2) is 0 Å². The van der Waals surface area contributed by atoms with Gasteiger partial charge in [0, 0.05) is 18.8 Å². The molecule has 1 atom stereocenters. The van der Waals surface area contributed by atoms with Crippen LogP contribution in [0.15, 0.2) is 18.3 Å². The molecule has 3 aromatic rings. The van der Waals surface area contributed by atoms with E-state index in [2.05, 4.69) is 35.3 Å². The number of H-pyrrole nitrogens is 1. The van der Waals surface area contributed by atoms with E-state index >= 15 is 0 Å². The third kappa shape index (κ3) is 3.13. The van der Waals surface area contributed by atoms with Crippen LogP contribution in [0.3, 0.4) is 0 Å². The fourth-order valence-electron chi connectivity index (χ4n) is 2.81. The number of anilines is 3. The Morgan fingerprint density at radius 1 is 1.35 bits per heavy atom. The van der Waals surface area contributed by atoms with Crippen molar-refractivity contribution in [3.05, 3.63) is 24.0 Å². The molecular formula is C15H19N7S. The molecule has 1 fully saturated rings. The predicted octanol–water partition coefficient (Wildman–Crippen LogP) is 2.63. The third-order valence-electron chi connectivity index (χ3n) is 3.92. The molecule has 0 bridgehead atoms. The van der Waals surface area contributed by atoms with Gasteiger partial charge in [-0.1, -0.05) is 0 Å². The number of nitrogens with one attached hydrogen (secondary N) is 4. The van der Waals surface area contributed by atoms with Crippen LogP contribution in [0.4, 0.5) is 16.8 Å². The lowest BCUT2D eigenvalue weighted by molar-refractivity contribution is 0.479. The van der Waals surface area contributed by atoms with Crippen LogP contribution in [-0.2, 0) is 0 Å². The van der Waals surface area contributed by atoms with Gasteiger partial charge in [-0.15, -0.1) is 0 Å². The van der Waals surface area contributed by atoms with Crippen LogP contribution in [0.5, 0.6) is 0 Å². The van der Waals surface area contributed by atoms with Crippen LogP contribution >= 0.6 is 11.5 Å². The lowest BCUT2D eigenvalue weighted by Crippen LogP contribution is -2.38. The summed E-state index contributed by atoms with van der Waals surface area (Å²) in [4.78, 5) is 12.4. The number of nitrogens with zero attached hydrogens (tertiary/aromatic N) is 3. The lowest BCUT2D eigenvalue weighted by atomic mass is 10.1. The summed E-state index contributed by atoms with van der Waals surface area (Å²) in [5.74, 6) is 1.45. The van der Waals surface area contributed by atoms with E-state index in [1.165, 1.54) is 18.0 Å². The molecule has 0 aliphatic carbocycles. The third-order valence-corrected chi connectivity index (χ3v) is 4.71. The molecule has 1 saturated heterocycles. The summed E-state index contributed by atoms with van der Waals surface area (Å²) < 4.78 is 4.27. The molecule has 0 saturated carbocycles. The van der Waals surface area contributed by atoms with Crippen LogP contribution in [0.25, 0.3) is 11.0 Å². The zero-order valence-electron chi connectivity index (χ0n) is 12.9. The van der Waals surface area contributed by atoms with Crippen molar-refractivity contribution in [3.8, 4) is 0 Å². The Bertz CT molecular complexity index is 803. The summed E-state index contributed by atoms with van der Waals surface area (Å²) in [5.41, 5.74) is 1.82. The lowest BCUT2D eigenvalue weighted by Gasteiger charge is -2.24. The van der Waals surface area contributed by atoms with E-state index in [1.54, 1.807) is 0 Å². The molecule has 23 heavy (non-hydrogen) atoms. The summed E-state index contributed by atoms with van der Waals surface area (Å²) in [6, 6.07) is 4.40. The van der Waals surface area contributed by atoms with Crippen molar-refractivity contribution in [2.24, 2.45) is 0 Å². The topological polar surface area (TPSA) is 90.6 Å². The highest BCUT2D eigenvalue weighted by Crippen LogP contribution is 2.25. The van der Waals surface area contributed by atoms with Crippen LogP contribution in [-0.4, -0.2) is 38.5 Å². The van der Waals surface area contributed by atoms with Gasteiger partial charge < -0.3 is 20.9 Å². The first-order valence-corrected chi connectivity index (χ1v) is 8.58. The van der Waals surface area contributed by atoms with E-state index in [4.69, 9.17) is 0 Å². The van der Waals surface area contributed by atoms with E-state index in [1.807, 2.05) is 25.3 Å². The second-order valence-electron chi connectivity index (χ2n) is 5.78. The van der Waals surface area contributed by atoms with Gasteiger partial charge >= 0.3 is 0 Å². The van der Waals surface area contributed by atoms with Gasteiger partial charge in [0.05, 0.1) is 11.1 Å². The van der Waals surface area contributed by atoms with E-state index in [-0.39, 0.29) is 0 Å². The zero-order chi connectivity index (χ0) is 15.6. The Morgan fingerprint density at radius 2 is 2.30 bits per heavy atom. The number of piperidine rings is 1. The maximum atomic E-state index is 4.67. The van der Waals surface area contributed by atoms with Crippen molar-refractivity contribution in [3.63, 3.8) is 0 Å². The molecule has 0 amide bonds. The van der Waals surface area contributed by atoms with E-state index < -0.39 is 0 Å². The normalized spacial score (nSPS) is 18.2. The molecule has 0 spiro atoms. The SMILES string of the molecule is Cc1cc(Nc2nc(N[C@@H]3CCCNC3)c3cc[nH]c3n2)sn1. The van der Waals surface area contributed by atoms with Crippen LogP contribution in [0, 0.1) is 6.92 Å². The van der Waals surface area contributed by atoms with Crippen molar-refractivity contribution in [1.82, 2.24) is 24.6 Å². The smallest absolute Gasteiger partial charge is 0.231 e. The molecule has 1 aliphatic rings. The quantitative estimate of drug-likeness (QED) is 0.588. The number of hydrogen-bond donors (Lipinski definition) is 4. The summed E-state index contributed by atoms with van der Waals surface area (Å²) in [7, 11) is 0. The Labute approximate surface area is 138 Å². The van der Waals surface area contributed by atoms with Crippen LogP contribution in [0.2, 0.25) is 0 Å². The summed E-state index contributed by atoms with van der Waals surface area (Å²) >= 11 is 1.41. The molecule has 0 unspecified atom stereocenters. The van der Waals surface area contributed by atoms with E-state index in [0.29, 0.717) is 12.0 Å². The Balaban J connectivity index is 1.63. The molecule has 3 aromatic heterocycles. The summed E-state index contributed by atoms with van der Waals surface area (Å²) in [6.07, 6.45) is 4.23. The molecular weight excluding hydrogens is 310 g/mol. The molecule has 1 aliphatic heterocycles. The molecule has 0 aromatic carbocycles. The number of hydrogen-bond acceptors (Lipinski definition) is 7. The zero-order valence-corrected chi connectivity index (χ0v) is 13.7. The van der Waals surface area contributed by atoms with E-state index in [0.717, 1.165) is 47.1 Å². The predicted molar refractivity (Wildman–Crippen MR) is 93.5 cm³/mol. The van der Waals surface area contributed by atoms with Crippen molar-refractivity contribution in [1.29, 1.82) is 0 Å². The number of aryl methyl sites for hydroxylation is 1. The number of rotatable bonds is 4. The van der Waals surface area contributed by atoms with Gasteiger partial charge in [-0.2, -0.15) is 14.3 Å².